The van der Waals surface area contributed by atoms with Crippen molar-refractivity contribution in [3.8, 4) is 11.5 Å². The number of carbonyl (C=O) groups excluding carboxylic acids is 1. The molecule has 2 aromatic carbocycles. The largest absolute Gasteiger partial charge is 0.490 e. The minimum atomic E-state index is -4.54. The molecule has 1 N–H and O–H groups in total. The second-order valence-corrected chi connectivity index (χ2v) is 6.52. The number of halogens is 3. The molecular weight excluding hydrogens is 399 g/mol. The Morgan fingerprint density at radius 1 is 0.967 bits per heavy atom. The van der Waals surface area contributed by atoms with Crippen molar-refractivity contribution in [1.82, 2.24) is 5.32 Å². The monoisotopic (exact) mass is 425 g/mol. The highest BCUT2D eigenvalue weighted by atomic mass is 19.4. The number of rotatable bonds is 10. The van der Waals surface area contributed by atoms with Gasteiger partial charge in [0.15, 0.2) is 17.6 Å². The molecule has 0 heterocycles. The fraction of sp³-hybridized carbons (Fsp3) is 0.409. The number of ether oxygens (including phenoxy) is 3. The van der Waals surface area contributed by atoms with Crippen LogP contribution in [0.25, 0.3) is 0 Å². The van der Waals surface area contributed by atoms with Crippen LogP contribution in [-0.2, 0) is 9.53 Å². The smallest absolute Gasteiger partial charge is 0.411 e. The van der Waals surface area contributed by atoms with Gasteiger partial charge in [0.05, 0.1) is 19.3 Å². The molecule has 164 valence electrons. The molecule has 0 aliphatic heterocycles. The van der Waals surface area contributed by atoms with Gasteiger partial charge in [-0.2, -0.15) is 13.2 Å². The lowest BCUT2D eigenvalue weighted by molar-refractivity contribution is -0.188. The van der Waals surface area contributed by atoms with E-state index in [1.807, 2.05) is 13.8 Å². The number of amides is 1. The van der Waals surface area contributed by atoms with Gasteiger partial charge in [0.1, 0.15) is 6.61 Å². The van der Waals surface area contributed by atoms with Gasteiger partial charge in [0.25, 0.3) is 5.91 Å². The van der Waals surface area contributed by atoms with Crippen molar-refractivity contribution in [2.75, 3.05) is 19.8 Å². The standard InChI is InChI=1S/C22H26F3NO4/c1-4-28-18-12-11-17(13-19(18)29-5-2)15(3)26-21(27)20(30-14-22(23,24)25)16-9-7-6-8-10-16/h6-13,15,20H,4-5,14H2,1-3H3,(H,26,27)/t15-,20+/m0/s1. The maximum atomic E-state index is 12.8. The predicted octanol–water partition coefficient (Wildman–Crippen LogP) is 4.98. The van der Waals surface area contributed by atoms with Crippen molar-refractivity contribution in [3.63, 3.8) is 0 Å². The maximum absolute atomic E-state index is 12.8. The van der Waals surface area contributed by atoms with Gasteiger partial charge in [-0.05, 0) is 44.0 Å². The van der Waals surface area contributed by atoms with E-state index < -0.39 is 30.8 Å². The lowest BCUT2D eigenvalue weighted by Gasteiger charge is -2.22. The molecular formula is C22H26F3NO4. The van der Waals surface area contributed by atoms with Crippen molar-refractivity contribution in [2.45, 2.75) is 39.1 Å². The van der Waals surface area contributed by atoms with E-state index in [0.717, 1.165) is 5.56 Å². The molecule has 0 saturated carbocycles. The van der Waals surface area contributed by atoms with Gasteiger partial charge < -0.3 is 19.5 Å². The molecule has 0 radical (unpaired) electrons. The first-order chi connectivity index (χ1) is 14.2. The Bertz CT molecular complexity index is 812. The molecule has 1 amide bonds. The molecule has 8 heteroatoms. The molecule has 2 rings (SSSR count). The zero-order valence-electron chi connectivity index (χ0n) is 17.2. The van der Waals surface area contributed by atoms with Crippen molar-refractivity contribution in [3.05, 3.63) is 59.7 Å². The number of benzene rings is 2. The number of nitrogens with one attached hydrogen (secondary N) is 1. The molecule has 0 unspecified atom stereocenters. The molecule has 0 aliphatic rings. The maximum Gasteiger partial charge on any atom is 0.411 e. The Labute approximate surface area is 174 Å². The predicted molar refractivity (Wildman–Crippen MR) is 107 cm³/mol. The highest BCUT2D eigenvalue weighted by molar-refractivity contribution is 5.82. The molecule has 0 aliphatic carbocycles. The van der Waals surface area contributed by atoms with Crippen molar-refractivity contribution in [2.24, 2.45) is 0 Å². The summed E-state index contributed by atoms with van der Waals surface area (Å²) in [5.41, 5.74) is 1.06. The summed E-state index contributed by atoms with van der Waals surface area (Å²) in [4.78, 5) is 12.8. The lowest BCUT2D eigenvalue weighted by Crippen LogP contribution is -2.34. The number of hydrogen-bond donors (Lipinski definition) is 1. The number of alkyl halides is 3. The van der Waals surface area contributed by atoms with Gasteiger partial charge in [-0.15, -0.1) is 0 Å². The van der Waals surface area contributed by atoms with E-state index in [9.17, 15) is 18.0 Å². The van der Waals surface area contributed by atoms with Crippen LogP contribution < -0.4 is 14.8 Å². The summed E-state index contributed by atoms with van der Waals surface area (Å²) in [7, 11) is 0. The molecule has 0 aromatic heterocycles. The molecule has 2 atom stereocenters. The molecule has 2 aromatic rings. The Morgan fingerprint density at radius 2 is 1.60 bits per heavy atom. The van der Waals surface area contributed by atoms with Crippen LogP contribution in [0, 0.1) is 0 Å². The Morgan fingerprint density at radius 3 is 2.20 bits per heavy atom. The van der Waals surface area contributed by atoms with Crippen LogP contribution in [-0.4, -0.2) is 31.9 Å². The molecule has 0 fully saturated rings. The first-order valence-corrected chi connectivity index (χ1v) is 9.68. The molecule has 0 saturated heterocycles. The van der Waals surface area contributed by atoms with E-state index >= 15 is 0 Å². The first kappa shape index (κ1) is 23.5. The average Bonchev–Trinajstić information content (AvgIpc) is 2.69. The van der Waals surface area contributed by atoms with E-state index in [1.54, 1.807) is 55.5 Å². The Balaban J connectivity index is 2.18. The van der Waals surface area contributed by atoms with Crippen LogP contribution in [0.5, 0.6) is 11.5 Å². The highest BCUT2D eigenvalue weighted by Crippen LogP contribution is 2.31. The second kappa shape index (κ2) is 10.9. The topological polar surface area (TPSA) is 56.8 Å². The fourth-order valence-electron chi connectivity index (χ4n) is 2.84. The van der Waals surface area contributed by atoms with E-state index in [2.05, 4.69) is 5.32 Å². The van der Waals surface area contributed by atoms with Gasteiger partial charge in [0.2, 0.25) is 0 Å². The molecule has 30 heavy (non-hydrogen) atoms. The minimum absolute atomic E-state index is 0.341. The zero-order valence-corrected chi connectivity index (χ0v) is 17.2. The Hall–Kier alpha value is -2.74. The summed E-state index contributed by atoms with van der Waals surface area (Å²) < 4.78 is 54.0. The van der Waals surface area contributed by atoms with Crippen molar-refractivity contribution >= 4 is 5.91 Å². The summed E-state index contributed by atoms with van der Waals surface area (Å²) >= 11 is 0. The van der Waals surface area contributed by atoms with Crippen LogP contribution in [0.2, 0.25) is 0 Å². The minimum Gasteiger partial charge on any atom is -0.490 e. The summed E-state index contributed by atoms with van der Waals surface area (Å²) in [6.45, 7) is 4.82. The summed E-state index contributed by atoms with van der Waals surface area (Å²) in [5.74, 6) is 0.452. The van der Waals surface area contributed by atoms with E-state index in [0.29, 0.717) is 30.3 Å². The van der Waals surface area contributed by atoms with Gasteiger partial charge in [0, 0.05) is 0 Å². The molecule has 5 nitrogen and oxygen atoms in total. The van der Waals surface area contributed by atoms with E-state index in [1.165, 1.54) is 0 Å². The fourth-order valence-corrected chi connectivity index (χ4v) is 2.84. The Kier molecular flexibility index (Phi) is 8.53. The van der Waals surface area contributed by atoms with Crippen LogP contribution in [0.3, 0.4) is 0 Å². The second-order valence-electron chi connectivity index (χ2n) is 6.52. The lowest BCUT2D eigenvalue weighted by atomic mass is 10.1. The van der Waals surface area contributed by atoms with Crippen LogP contribution >= 0.6 is 0 Å². The van der Waals surface area contributed by atoms with Crippen LogP contribution in [0.15, 0.2) is 48.5 Å². The normalized spacial score (nSPS) is 13.4. The zero-order chi connectivity index (χ0) is 22.1. The summed E-state index contributed by atoms with van der Waals surface area (Å²) in [5, 5.41) is 2.72. The first-order valence-electron chi connectivity index (χ1n) is 9.68. The highest BCUT2D eigenvalue weighted by Gasteiger charge is 2.32. The van der Waals surface area contributed by atoms with Gasteiger partial charge in [-0.25, -0.2) is 0 Å². The third-order valence-electron chi connectivity index (χ3n) is 4.18. The van der Waals surface area contributed by atoms with Gasteiger partial charge in [-0.3, -0.25) is 4.79 Å². The third kappa shape index (κ3) is 6.95. The number of carbonyl (C=O) groups is 1. The molecule has 0 spiro atoms. The van der Waals surface area contributed by atoms with E-state index in [4.69, 9.17) is 14.2 Å². The number of hydrogen-bond acceptors (Lipinski definition) is 4. The SMILES string of the molecule is CCOc1ccc([C@H](C)NC(=O)[C@H](OCC(F)(F)F)c2ccccc2)cc1OCC. The van der Waals surface area contributed by atoms with Crippen molar-refractivity contribution < 1.29 is 32.2 Å². The molecule has 0 bridgehead atoms. The summed E-state index contributed by atoms with van der Waals surface area (Å²) in [6.07, 6.45) is -5.93. The van der Waals surface area contributed by atoms with E-state index in [-0.39, 0.29) is 0 Å². The van der Waals surface area contributed by atoms with Crippen LogP contribution in [0.1, 0.15) is 44.0 Å². The van der Waals surface area contributed by atoms with Crippen LogP contribution in [0.4, 0.5) is 13.2 Å². The quantitative estimate of drug-likeness (QED) is 0.583. The average molecular weight is 425 g/mol. The summed E-state index contributed by atoms with van der Waals surface area (Å²) in [6, 6.07) is 12.8. The van der Waals surface area contributed by atoms with Gasteiger partial charge in [-0.1, -0.05) is 36.4 Å². The van der Waals surface area contributed by atoms with Gasteiger partial charge >= 0.3 is 6.18 Å². The third-order valence-corrected chi connectivity index (χ3v) is 4.18. The van der Waals surface area contributed by atoms with Crippen molar-refractivity contribution in [1.29, 1.82) is 0 Å².